The number of hydrogen-bond acceptors (Lipinski definition) is 3. The van der Waals surface area contributed by atoms with E-state index in [-0.39, 0.29) is 17.9 Å². The predicted molar refractivity (Wildman–Crippen MR) is 62.7 cm³/mol. The molecule has 0 amide bonds. The summed E-state index contributed by atoms with van der Waals surface area (Å²) in [4.78, 5) is 0. The van der Waals surface area contributed by atoms with Gasteiger partial charge in [0.05, 0.1) is 7.11 Å². The van der Waals surface area contributed by atoms with Crippen LogP contribution in [0.4, 0.5) is 8.78 Å². The number of nitrogens with two attached hydrogens (primary N) is 2. The molecule has 17 heavy (non-hydrogen) atoms. The molecule has 0 fully saturated rings. The fraction of sp³-hybridized carbons (Fsp3) is 0.500. The highest BCUT2D eigenvalue weighted by Gasteiger charge is 2.29. The molecule has 0 spiro atoms. The van der Waals surface area contributed by atoms with Gasteiger partial charge in [-0.1, -0.05) is 13.8 Å². The Bertz CT molecular complexity index is 408. The lowest BCUT2D eigenvalue weighted by Gasteiger charge is -2.30. The highest BCUT2D eigenvalue weighted by molar-refractivity contribution is 5.33. The molecule has 5 heteroatoms. The maximum absolute atomic E-state index is 13.8. The topological polar surface area (TPSA) is 61.3 Å². The van der Waals surface area contributed by atoms with Crippen molar-refractivity contribution in [3.8, 4) is 5.75 Å². The molecule has 0 bridgehead atoms. The fourth-order valence-corrected chi connectivity index (χ4v) is 1.49. The third-order valence-electron chi connectivity index (χ3n) is 2.97. The van der Waals surface area contributed by atoms with Gasteiger partial charge in [-0.25, -0.2) is 8.78 Å². The lowest BCUT2D eigenvalue weighted by Crippen LogP contribution is -2.36. The summed E-state index contributed by atoms with van der Waals surface area (Å²) in [7, 11) is 1.28. The summed E-state index contributed by atoms with van der Waals surface area (Å²) in [5, 5.41) is 0. The standard InChI is InChI=1S/C12H18F2N2O/c1-12(2,6-15)11(16)7-4-9(14)10(17-3)5-8(7)13/h4-5,11H,6,15-16H2,1-3H3. The molecule has 1 unspecified atom stereocenters. The first-order chi connectivity index (χ1) is 7.83. The second-order valence-corrected chi connectivity index (χ2v) is 4.68. The van der Waals surface area contributed by atoms with Crippen LogP contribution in [0.5, 0.6) is 5.75 Å². The minimum atomic E-state index is -0.673. The Morgan fingerprint density at radius 1 is 1.29 bits per heavy atom. The second kappa shape index (κ2) is 4.98. The maximum atomic E-state index is 13.8. The first-order valence-electron chi connectivity index (χ1n) is 5.32. The van der Waals surface area contributed by atoms with E-state index in [1.807, 2.05) is 0 Å². The zero-order valence-corrected chi connectivity index (χ0v) is 10.3. The molecule has 0 saturated carbocycles. The highest BCUT2D eigenvalue weighted by atomic mass is 19.1. The average molecular weight is 244 g/mol. The predicted octanol–water partition coefficient (Wildman–Crippen LogP) is 1.96. The Labute approximate surface area is 99.7 Å². The van der Waals surface area contributed by atoms with E-state index < -0.39 is 23.1 Å². The second-order valence-electron chi connectivity index (χ2n) is 4.68. The zero-order chi connectivity index (χ0) is 13.2. The summed E-state index contributed by atoms with van der Waals surface area (Å²) in [5.74, 6) is -1.35. The number of halogens is 2. The van der Waals surface area contributed by atoms with Crippen molar-refractivity contribution in [3.05, 3.63) is 29.3 Å². The van der Waals surface area contributed by atoms with Crippen LogP contribution < -0.4 is 16.2 Å². The van der Waals surface area contributed by atoms with Gasteiger partial charge in [0.1, 0.15) is 5.82 Å². The average Bonchev–Trinajstić information content (AvgIpc) is 2.30. The van der Waals surface area contributed by atoms with Gasteiger partial charge in [0.15, 0.2) is 11.6 Å². The molecule has 0 aliphatic heterocycles. The highest BCUT2D eigenvalue weighted by Crippen LogP contribution is 2.33. The first-order valence-corrected chi connectivity index (χ1v) is 5.32. The summed E-state index contributed by atoms with van der Waals surface area (Å²) < 4.78 is 32.0. The summed E-state index contributed by atoms with van der Waals surface area (Å²) in [6.07, 6.45) is 0. The van der Waals surface area contributed by atoms with E-state index in [4.69, 9.17) is 16.2 Å². The monoisotopic (exact) mass is 244 g/mol. The molecule has 96 valence electrons. The van der Waals surface area contributed by atoms with Crippen molar-refractivity contribution < 1.29 is 13.5 Å². The van der Waals surface area contributed by atoms with Crippen molar-refractivity contribution in [2.24, 2.45) is 16.9 Å². The normalized spacial score (nSPS) is 13.6. The largest absolute Gasteiger partial charge is 0.494 e. The van der Waals surface area contributed by atoms with E-state index in [1.54, 1.807) is 13.8 Å². The van der Waals surface area contributed by atoms with Gasteiger partial charge in [0.2, 0.25) is 0 Å². The third kappa shape index (κ3) is 2.73. The van der Waals surface area contributed by atoms with E-state index >= 15 is 0 Å². The van der Waals surface area contributed by atoms with E-state index in [9.17, 15) is 8.78 Å². The van der Waals surface area contributed by atoms with Gasteiger partial charge in [0, 0.05) is 17.7 Å². The molecule has 0 aliphatic rings. The molecular formula is C12H18F2N2O. The van der Waals surface area contributed by atoms with Gasteiger partial charge in [-0.3, -0.25) is 0 Å². The molecule has 0 radical (unpaired) electrons. The lowest BCUT2D eigenvalue weighted by atomic mass is 9.81. The van der Waals surface area contributed by atoms with Crippen LogP contribution in [0.2, 0.25) is 0 Å². The molecule has 1 aromatic rings. The number of rotatable bonds is 4. The van der Waals surface area contributed by atoms with Crippen LogP contribution in [-0.2, 0) is 0 Å². The van der Waals surface area contributed by atoms with Crippen molar-refractivity contribution in [1.82, 2.24) is 0 Å². The van der Waals surface area contributed by atoms with Gasteiger partial charge < -0.3 is 16.2 Å². The number of hydrogen-bond donors (Lipinski definition) is 2. The number of ether oxygens (including phenoxy) is 1. The molecule has 4 N–H and O–H groups in total. The quantitative estimate of drug-likeness (QED) is 0.851. The Hall–Kier alpha value is -1.20. The van der Waals surface area contributed by atoms with Crippen LogP contribution in [0.25, 0.3) is 0 Å². The zero-order valence-electron chi connectivity index (χ0n) is 10.3. The Morgan fingerprint density at radius 3 is 2.35 bits per heavy atom. The molecule has 0 heterocycles. The van der Waals surface area contributed by atoms with Gasteiger partial charge in [-0.15, -0.1) is 0 Å². The van der Waals surface area contributed by atoms with Crippen molar-refractivity contribution >= 4 is 0 Å². The van der Waals surface area contributed by atoms with E-state index in [0.29, 0.717) is 0 Å². The molecule has 0 aromatic heterocycles. The van der Waals surface area contributed by atoms with Crippen molar-refractivity contribution in [2.45, 2.75) is 19.9 Å². The fourth-order valence-electron chi connectivity index (χ4n) is 1.49. The van der Waals surface area contributed by atoms with Crippen LogP contribution in [0.1, 0.15) is 25.5 Å². The number of methoxy groups -OCH3 is 1. The van der Waals surface area contributed by atoms with Gasteiger partial charge in [0.25, 0.3) is 0 Å². The van der Waals surface area contributed by atoms with E-state index in [0.717, 1.165) is 12.1 Å². The van der Waals surface area contributed by atoms with Crippen LogP contribution >= 0.6 is 0 Å². The third-order valence-corrected chi connectivity index (χ3v) is 2.97. The minimum Gasteiger partial charge on any atom is -0.494 e. The first kappa shape index (κ1) is 13.9. The van der Waals surface area contributed by atoms with E-state index in [2.05, 4.69) is 0 Å². The van der Waals surface area contributed by atoms with E-state index in [1.165, 1.54) is 7.11 Å². The summed E-state index contributed by atoms with van der Waals surface area (Å²) in [5.41, 5.74) is 11.1. The minimum absolute atomic E-state index is 0.110. The van der Waals surface area contributed by atoms with Crippen molar-refractivity contribution in [2.75, 3.05) is 13.7 Å². The molecule has 0 saturated heterocycles. The smallest absolute Gasteiger partial charge is 0.165 e. The molecule has 1 aromatic carbocycles. The Balaban J connectivity index is 3.19. The van der Waals surface area contributed by atoms with Crippen LogP contribution in [0.3, 0.4) is 0 Å². The van der Waals surface area contributed by atoms with Gasteiger partial charge in [-0.2, -0.15) is 0 Å². The summed E-state index contributed by atoms with van der Waals surface area (Å²) in [6.45, 7) is 3.89. The summed E-state index contributed by atoms with van der Waals surface area (Å²) in [6, 6.07) is 1.39. The molecule has 0 aliphatic carbocycles. The van der Waals surface area contributed by atoms with Crippen LogP contribution in [0, 0.1) is 17.0 Å². The van der Waals surface area contributed by atoms with Gasteiger partial charge >= 0.3 is 0 Å². The molecule has 1 atom stereocenters. The molecule has 3 nitrogen and oxygen atoms in total. The van der Waals surface area contributed by atoms with Gasteiger partial charge in [-0.05, 0) is 18.0 Å². The lowest BCUT2D eigenvalue weighted by molar-refractivity contribution is 0.292. The van der Waals surface area contributed by atoms with Crippen molar-refractivity contribution in [3.63, 3.8) is 0 Å². The maximum Gasteiger partial charge on any atom is 0.165 e. The van der Waals surface area contributed by atoms with Crippen LogP contribution in [-0.4, -0.2) is 13.7 Å². The molecule has 1 rings (SSSR count). The number of benzene rings is 1. The Morgan fingerprint density at radius 2 is 1.88 bits per heavy atom. The Kier molecular flexibility index (Phi) is 4.06. The summed E-state index contributed by atoms with van der Waals surface area (Å²) >= 11 is 0. The molecular weight excluding hydrogens is 226 g/mol. The van der Waals surface area contributed by atoms with Crippen molar-refractivity contribution in [1.29, 1.82) is 0 Å². The SMILES string of the molecule is COc1cc(F)c(C(N)C(C)(C)CN)cc1F. The van der Waals surface area contributed by atoms with Crippen LogP contribution in [0.15, 0.2) is 12.1 Å².